The Labute approximate surface area is 158 Å². The Balaban J connectivity index is 1.96. The van der Waals surface area contributed by atoms with Crippen LogP contribution in [0.25, 0.3) is 10.4 Å². The fourth-order valence-electron chi connectivity index (χ4n) is 2.41. The van der Waals surface area contributed by atoms with Crippen LogP contribution in [0.4, 0.5) is 11.4 Å². The number of para-hydroxylation sites is 1. The molecule has 0 aliphatic carbocycles. The van der Waals surface area contributed by atoms with Crippen molar-refractivity contribution in [2.24, 2.45) is 10.1 Å². The van der Waals surface area contributed by atoms with Crippen molar-refractivity contribution >= 4 is 39.3 Å². The number of hydrogen-bond donors (Lipinski definition) is 0. The van der Waals surface area contributed by atoms with E-state index in [1.807, 2.05) is 24.3 Å². The zero-order valence-corrected chi connectivity index (χ0v) is 15.2. The van der Waals surface area contributed by atoms with Gasteiger partial charge < -0.3 is 0 Å². The average molecular weight is 405 g/mol. The fraction of sp³-hybridized carbons (Fsp3) is 0. The van der Waals surface area contributed by atoms with Gasteiger partial charge in [-0.3, -0.25) is 9.79 Å². The second-order valence-corrected chi connectivity index (χ2v) is 6.28. The van der Waals surface area contributed by atoms with Gasteiger partial charge in [0.05, 0.1) is 5.69 Å². The average Bonchev–Trinajstić information content (AvgIpc) is 2.68. The van der Waals surface area contributed by atoms with Crippen molar-refractivity contribution in [1.29, 1.82) is 0 Å². The molecule has 0 N–H and O–H groups in total. The van der Waals surface area contributed by atoms with Gasteiger partial charge in [0.25, 0.3) is 0 Å². The lowest BCUT2D eigenvalue weighted by molar-refractivity contribution is 0.103. The molecule has 3 aromatic carbocycles. The van der Waals surface area contributed by atoms with E-state index >= 15 is 0 Å². The molecule has 0 saturated heterocycles. The first kappa shape index (κ1) is 17.6. The Bertz CT molecular complexity index is 1020. The molecule has 3 rings (SSSR count). The minimum Gasteiger partial charge on any atom is -0.289 e. The van der Waals surface area contributed by atoms with E-state index in [1.54, 1.807) is 54.7 Å². The molecule has 26 heavy (non-hydrogen) atoms. The number of nitrogens with zero attached hydrogens (tertiary/aromatic N) is 4. The van der Waals surface area contributed by atoms with Crippen molar-refractivity contribution in [2.45, 2.75) is 0 Å². The van der Waals surface area contributed by atoms with Gasteiger partial charge in [-0.25, -0.2) is 0 Å². The number of carbonyl (C=O) groups excluding carboxylic acids is 1. The first-order chi connectivity index (χ1) is 12.7. The summed E-state index contributed by atoms with van der Waals surface area (Å²) in [6, 6.07) is 21.5. The molecular formula is C20H13BrN4O. The molecule has 0 amide bonds. The predicted octanol–water partition coefficient (Wildman–Crippen LogP) is 6.37. The highest BCUT2D eigenvalue weighted by molar-refractivity contribution is 9.10. The summed E-state index contributed by atoms with van der Waals surface area (Å²) in [4.78, 5) is 20.1. The van der Waals surface area contributed by atoms with E-state index in [-0.39, 0.29) is 5.78 Å². The monoisotopic (exact) mass is 404 g/mol. The number of aliphatic imine (C=N–C) groups is 1. The highest BCUT2D eigenvalue weighted by Gasteiger charge is 2.12. The molecule has 0 radical (unpaired) electrons. The summed E-state index contributed by atoms with van der Waals surface area (Å²) in [6.45, 7) is 0. The molecule has 0 saturated carbocycles. The number of azide groups is 1. The Hall–Kier alpha value is -3.21. The molecule has 0 aliphatic rings. The zero-order valence-electron chi connectivity index (χ0n) is 13.6. The maximum atomic E-state index is 12.8. The smallest absolute Gasteiger partial charge is 0.195 e. The molecule has 0 aromatic heterocycles. The topological polar surface area (TPSA) is 78.2 Å². The molecule has 126 valence electrons. The van der Waals surface area contributed by atoms with Crippen LogP contribution in [0.3, 0.4) is 0 Å². The van der Waals surface area contributed by atoms with Crippen molar-refractivity contribution in [3.05, 3.63) is 104 Å². The van der Waals surface area contributed by atoms with Gasteiger partial charge in [0.15, 0.2) is 5.78 Å². The summed E-state index contributed by atoms with van der Waals surface area (Å²) >= 11 is 3.37. The summed E-state index contributed by atoms with van der Waals surface area (Å²) in [5.41, 5.74) is 11.5. The van der Waals surface area contributed by atoms with Crippen LogP contribution in [-0.4, -0.2) is 12.0 Å². The third-order valence-corrected chi connectivity index (χ3v) is 4.22. The normalized spacial score (nSPS) is 10.5. The summed E-state index contributed by atoms with van der Waals surface area (Å²) in [5, 5.41) is 3.65. The van der Waals surface area contributed by atoms with E-state index in [1.165, 1.54) is 0 Å². The lowest BCUT2D eigenvalue weighted by Gasteiger charge is -2.05. The van der Waals surface area contributed by atoms with Crippen LogP contribution in [0, 0.1) is 0 Å². The van der Waals surface area contributed by atoms with Crippen LogP contribution >= 0.6 is 15.9 Å². The lowest BCUT2D eigenvalue weighted by Crippen LogP contribution is -2.01. The Morgan fingerprint density at radius 1 is 0.923 bits per heavy atom. The second kappa shape index (κ2) is 8.25. The minimum absolute atomic E-state index is 0.103. The standard InChI is InChI=1S/C20H13BrN4O/c21-16-11-9-14(10-12-16)20(26)17-6-2-4-8-19(17)23-13-15-5-1-3-7-18(15)24-25-22/h1-13H. The first-order valence-corrected chi connectivity index (χ1v) is 8.56. The van der Waals surface area contributed by atoms with Crippen LogP contribution in [0.2, 0.25) is 0 Å². The van der Waals surface area contributed by atoms with E-state index in [0.29, 0.717) is 28.1 Å². The quantitative estimate of drug-likeness (QED) is 0.160. The van der Waals surface area contributed by atoms with Crippen molar-refractivity contribution < 1.29 is 4.79 Å². The van der Waals surface area contributed by atoms with E-state index in [0.717, 1.165) is 4.47 Å². The molecule has 0 unspecified atom stereocenters. The van der Waals surface area contributed by atoms with Gasteiger partial charge in [0.1, 0.15) is 0 Å². The van der Waals surface area contributed by atoms with E-state index in [9.17, 15) is 4.79 Å². The second-order valence-electron chi connectivity index (χ2n) is 5.36. The molecule has 0 spiro atoms. The van der Waals surface area contributed by atoms with Crippen molar-refractivity contribution in [1.82, 2.24) is 0 Å². The molecule has 3 aromatic rings. The van der Waals surface area contributed by atoms with Gasteiger partial charge in [-0.2, -0.15) is 0 Å². The zero-order chi connectivity index (χ0) is 18.4. The molecular weight excluding hydrogens is 392 g/mol. The first-order valence-electron chi connectivity index (χ1n) is 7.76. The van der Waals surface area contributed by atoms with Gasteiger partial charge in [0, 0.05) is 38.0 Å². The number of carbonyl (C=O) groups is 1. The van der Waals surface area contributed by atoms with Crippen molar-refractivity contribution in [3.8, 4) is 0 Å². The summed E-state index contributed by atoms with van der Waals surface area (Å²) in [7, 11) is 0. The molecule has 0 atom stereocenters. The van der Waals surface area contributed by atoms with Crippen molar-refractivity contribution in [2.75, 3.05) is 0 Å². The Kier molecular flexibility index (Phi) is 5.59. The molecule has 0 heterocycles. The van der Waals surface area contributed by atoms with Crippen LogP contribution in [0.15, 0.2) is 87.4 Å². The van der Waals surface area contributed by atoms with Crippen LogP contribution in [0.5, 0.6) is 0 Å². The van der Waals surface area contributed by atoms with Gasteiger partial charge in [-0.15, -0.1) is 0 Å². The molecule has 6 heteroatoms. The van der Waals surface area contributed by atoms with Gasteiger partial charge >= 0.3 is 0 Å². The molecule has 0 bridgehead atoms. The maximum Gasteiger partial charge on any atom is 0.195 e. The number of hydrogen-bond acceptors (Lipinski definition) is 3. The highest BCUT2D eigenvalue weighted by atomic mass is 79.9. The van der Waals surface area contributed by atoms with Crippen molar-refractivity contribution in [3.63, 3.8) is 0 Å². The van der Waals surface area contributed by atoms with E-state index in [4.69, 9.17) is 5.53 Å². The number of halogens is 1. The van der Waals surface area contributed by atoms with Gasteiger partial charge in [-0.05, 0) is 41.9 Å². The summed E-state index contributed by atoms with van der Waals surface area (Å²) in [6.07, 6.45) is 1.59. The maximum absolute atomic E-state index is 12.8. The van der Waals surface area contributed by atoms with Gasteiger partial charge in [-0.1, -0.05) is 57.4 Å². The highest BCUT2D eigenvalue weighted by Crippen LogP contribution is 2.24. The molecule has 0 aliphatic heterocycles. The van der Waals surface area contributed by atoms with Crippen LogP contribution in [-0.2, 0) is 0 Å². The van der Waals surface area contributed by atoms with Crippen LogP contribution in [0.1, 0.15) is 21.5 Å². The SMILES string of the molecule is [N-]=[N+]=Nc1ccccc1C=Nc1ccccc1C(=O)c1ccc(Br)cc1. The Morgan fingerprint density at radius 3 is 2.31 bits per heavy atom. The third-order valence-electron chi connectivity index (χ3n) is 3.69. The fourth-order valence-corrected chi connectivity index (χ4v) is 2.67. The largest absolute Gasteiger partial charge is 0.289 e. The molecule has 5 nitrogen and oxygen atoms in total. The minimum atomic E-state index is -0.103. The number of rotatable bonds is 5. The summed E-state index contributed by atoms with van der Waals surface area (Å²) in [5.74, 6) is -0.103. The summed E-state index contributed by atoms with van der Waals surface area (Å²) < 4.78 is 0.912. The lowest BCUT2D eigenvalue weighted by atomic mass is 10.0. The third kappa shape index (κ3) is 4.06. The molecule has 0 fully saturated rings. The predicted molar refractivity (Wildman–Crippen MR) is 107 cm³/mol. The number of ketones is 1. The van der Waals surface area contributed by atoms with E-state index in [2.05, 4.69) is 30.9 Å². The van der Waals surface area contributed by atoms with Gasteiger partial charge in [0.2, 0.25) is 0 Å². The number of benzene rings is 3. The Morgan fingerprint density at radius 2 is 1.58 bits per heavy atom. The van der Waals surface area contributed by atoms with E-state index < -0.39 is 0 Å². The van der Waals surface area contributed by atoms with Crippen LogP contribution < -0.4 is 0 Å².